The molecule has 1 amide bonds. The average Bonchev–Trinajstić information content (AvgIpc) is 2.66. The number of nitrogens with one attached hydrogen (secondary N) is 1. The molecule has 0 bridgehead atoms. The van der Waals surface area contributed by atoms with Gasteiger partial charge in [0.15, 0.2) is 0 Å². The summed E-state index contributed by atoms with van der Waals surface area (Å²) in [7, 11) is 0. The van der Waals surface area contributed by atoms with Crippen LogP contribution in [0.4, 0.5) is 10.1 Å². The Balaban J connectivity index is 1.83. The molecule has 0 spiro atoms. The molecule has 3 N–H and O–H groups in total. The van der Waals surface area contributed by atoms with Gasteiger partial charge in [-0.3, -0.25) is 9.78 Å². The molecule has 1 aromatic carbocycles. The summed E-state index contributed by atoms with van der Waals surface area (Å²) in [5.41, 5.74) is 6.82. The summed E-state index contributed by atoms with van der Waals surface area (Å²) in [6, 6.07) is 4.30. The molecular weight excluding hydrogens is 349 g/mol. The first-order chi connectivity index (χ1) is 13.0. The maximum absolute atomic E-state index is 13.8. The number of esters is 1. The zero-order valence-electron chi connectivity index (χ0n) is 15.3. The summed E-state index contributed by atoms with van der Waals surface area (Å²) < 4.78 is 18.9. The van der Waals surface area contributed by atoms with Crippen molar-refractivity contribution in [1.29, 1.82) is 0 Å². The number of fused-ring (bicyclic) bond motifs is 1. The first-order valence-electron chi connectivity index (χ1n) is 9.28. The van der Waals surface area contributed by atoms with Gasteiger partial charge >= 0.3 is 5.97 Å². The van der Waals surface area contributed by atoms with Crippen LogP contribution in [0.2, 0.25) is 0 Å². The van der Waals surface area contributed by atoms with Crippen LogP contribution >= 0.6 is 0 Å². The molecule has 3 rings (SSSR count). The van der Waals surface area contributed by atoms with E-state index in [1.54, 1.807) is 13.0 Å². The molecule has 6 nitrogen and oxygen atoms in total. The zero-order chi connectivity index (χ0) is 19.4. The van der Waals surface area contributed by atoms with Crippen molar-refractivity contribution < 1.29 is 18.7 Å². The summed E-state index contributed by atoms with van der Waals surface area (Å²) in [5, 5.41) is 3.86. The first-order valence-corrected chi connectivity index (χ1v) is 9.28. The highest BCUT2D eigenvalue weighted by Crippen LogP contribution is 2.31. The van der Waals surface area contributed by atoms with E-state index < -0.39 is 11.8 Å². The molecule has 1 heterocycles. The number of amides is 1. The smallest absolute Gasteiger partial charge is 0.341 e. The Kier molecular flexibility index (Phi) is 5.88. The van der Waals surface area contributed by atoms with E-state index in [1.807, 2.05) is 0 Å². The number of nitrogens with two attached hydrogens (primary N) is 1. The van der Waals surface area contributed by atoms with Crippen LogP contribution in [0.25, 0.3) is 10.9 Å². The van der Waals surface area contributed by atoms with Crippen LogP contribution in [0.15, 0.2) is 24.4 Å². The molecule has 0 saturated heterocycles. The minimum atomic E-state index is -0.490. The van der Waals surface area contributed by atoms with Crippen molar-refractivity contribution in [1.82, 2.24) is 4.98 Å². The number of ether oxygens (including phenoxy) is 1. The maximum Gasteiger partial charge on any atom is 0.341 e. The number of hydrogen-bond acceptors (Lipinski definition) is 5. The molecule has 144 valence electrons. The molecule has 1 aromatic heterocycles. The lowest BCUT2D eigenvalue weighted by Crippen LogP contribution is -2.29. The van der Waals surface area contributed by atoms with Crippen molar-refractivity contribution in [2.45, 2.75) is 32.6 Å². The second-order valence-electron chi connectivity index (χ2n) is 6.93. The predicted octanol–water partition coefficient (Wildman–Crippen LogP) is 3.25. The van der Waals surface area contributed by atoms with Crippen LogP contribution in [0, 0.1) is 17.7 Å². The Bertz CT molecular complexity index is 848. The van der Waals surface area contributed by atoms with Gasteiger partial charge in [-0.15, -0.1) is 0 Å². The van der Waals surface area contributed by atoms with E-state index in [2.05, 4.69) is 10.3 Å². The van der Waals surface area contributed by atoms with Crippen molar-refractivity contribution >= 4 is 28.5 Å². The Morgan fingerprint density at radius 1 is 1.30 bits per heavy atom. The predicted molar refractivity (Wildman–Crippen MR) is 101 cm³/mol. The number of benzene rings is 1. The van der Waals surface area contributed by atoms with Crippen LogP contribution in [0.1, 0.15) is 43.0 Å². The van der Waals surface area contributed by atoms with Crippen LogP contribution in [0.3, 0.4) is 0 Å². The van der Waals surface area contributed by atoms with Crippen LogP contribution in [-0.4, -0.2) is 30.0 Å². The summed E-state index contributed by atoms with van der Waals surface area (Å²) in [6.45, 7) is 2.60. The monoisotopic (exact) mass is 373 g/mol. The number of hydrogen-bond donors (Lipinski definition) is 2. The molecule has 0 atom stereocenters. The minimum Gasteiger partial charge on any atom is -0.462 e. The first kappa shape index (κ1) is 19.1. The van der Waals surface area contributed by atoms with Crippen LogP contribution in [0.5, 0.6) is 0 Å². The van der Waals surface area contributed by atoms with E-state index in [0.29, 0.717) is 34.6 Å². The fourth-order valence-corrected chi connectivity index (χ4v) is 3.62. The van der Waals surface area contributed by atoms with E-state index in [1.165, 1.54) is 18.3 Å². The summed E-state index contributed by atoms with van der Waals surface area (Å²) in [4.78, 5) is 27.9. The van der Waals surface area contributed by atoms with Gasteiger partial charge in [0.25, 0.3) is 0 Å². The summed E-state index contributed by atoms with van der Waals surface area (Å²) >= 11 is 0. The van der Waals surface area contributed by atoms with Crippen molar-refractivity contribution in [3.63, 3.8) is 0 Å². The number of primary amides is 1. The third-order valence-corrected chi connectivity index (χ3v) is 5.14. The number of rotatable bonds is 6. The Labute approximate surface area is 157 Å². The van der Waals surface area contributed by atoms with Crippen molar-refractivity contribution in [2.75, 3.05) is 18.5 Å². The number of carbonyl (C=O) groups excluding carboxylic acids is 2. The van der Waals surface area contributed by atoms with Gasteiger partial charge in [0.05, 0.1) is 17.8 Å². The van der Waals surface area contributed by atoms with E-state index in [0.717, 1.165) is 25.7 Å². The lowest BCUT2D eigenvalue weighted by molar-refractivity contribution is -0.122. The number of anilines is 1. The van der Waals surface area contributed by atoms with Gasteiger partial charge in [0.2, 0.25) is 5.91 Å². The number of halogens is 1. The summed E-state index contributed by atoms with van der Waals surface area (Å²) in [6.07, 6.45) is 4.78. The van der Waals surface area contributed by atoms with Crippen LogP contribution in [-0.2, 0) is 9.53 Å². The van der Waals surface area contributed by atoms with E-state index in [9.17, 15) is 14.0 Å². The SMILES string of the molecule is CCOC(=O)c1cnc2ccc(F)cc2c1NCC1CCC(C(N)=O)CC1. The van der Waals surface area contributed by atoms with Crippen LogP contribution < -0.4 is 11.1 Å². The Hall–Kier alpha value is -2.70. The zero-order valence-corrected chi connectivity index (χ0v) is 15.3. The van der Waals surface area contributed by atoms with Gasteiger partial charge in [-0.2, -0.15) is 0 Å². The Morgan fingerprint density at radius 2 is 2.04 bits per heavy atom. The summed E-state index contributed by atoms with van der Waals surface area (Å²) in [5.74, 6) is -0.812. The number of pyridine rings is 1. The third-order valence-electron chi connectivity index (χ3n) is 5.14. The molecule has 27 heavy (non-hydrogen) atoms. The lowest BCUT2D eigenvalue weighted by Gasteiger charge is -2.27. The normalized spacial score (nSPS) is 19.6. The quantitative estimate of drug-likeness (QED) is 0.758. The highest BCUT2D eigenvalue weighted by Gasteiger charge is 2.25. The highest BCUT2D eigenvalue weighted by molar-refractivity contribution is 6.04. The fourth-order valence-electron chi connectivity index (χ4n) is 3.62. The van der Waals surface area contributed by atoms with Gasteiger partial charge in [-0.1, -0.05) is 0 Å². The van der Waals surface area contributed by atoms with Gasteiger partial charge < -0.3 is 15.8 Å². The van der Waals surface area contributed by atoms with Gasteiger partial charge in [-0.05, 0) is 56.7 Å². The van der Waals surface area contributed by atoms with E-state index in [4.69, 9.17) is 10.5 Å². The lowest BCUT2D eigenvalue weighted by atomic mass is 9.81. The van der Waals surface area contributed by atoms with Crippen molar-refractivity contribution in [3.05, 3.63) is 35.8 Å². The van der Waals surface area contributed by atoms with Gasteiger partial charge in [0.1, 0.15) is 11.4 Å². The molecule has 1 saturated carbocycles. The average molecular weight is 373 g/mol. The molecule has 0 aliphatic heterocycles. The van der Waals surface area contributed by atoms with Crippen molar-refractivity contribution in [2.24, 2.45) is 17.6 Å². The molecule has 1 fully saturated rings. The second-order valence-corrected chi connectivity index (χ2v) is 6.93. The van der Waals surface area contributed by atoms with Crippen molar-refractivity contribution in [3.8, 4) is 0 Å². The van der Waals surface area contributed by atoms with Gasteiger partial charge in [0, 0.05) is 24.0 Å². The number of carbonyl (C=O) groups is 2. The van der Waals surface area contributed by atoms with E-state index >= 15 is 0 Å². The minimum absolute atomic E-state index is 0.0489. The fraction of sp³-hybridized carbons (Fsp3) is 0.450. The highest BCUT2D eigenvalue weighted by atomic mass is 19.1. The molecular formula is C20H24FN3O3. The number of aromatic nitrogens is 1. The van der Waals surface area contributed by atoms with E-state index in [-0.39, 0.29) is 18.4 Å². The number of nitrogens with zero attached hydrogens (tertiary/aromatic N) is 1. The topological polar surface area (TPSA) is 94.3 Å². The van der Waals surface area contributed by atoms with Gasteiger partial charge in [-0.25, -0.2) is 9.18 Å². The molecule has 1 aliphatic carbocycles. The second kappa shape index (κ2) is 8.33. The molecule has 2 aromatic rings. The Morgan fingerprint density at radius 3 is 2.70 bits per heavy atom. The largest absolute Gasteiger partial charge is 0.462 e. The molecule has 7 heteroatoms. The standard InChI is InChI=1S/C20H24FN3O3/c1-2-27-20(26)16-11-23-17-8-7-14(21)9-15(17)18(16)24-10-12-3-5-13(6-4-12)19(22)25/h7-9,11-13H,2-6,10H2,1H3,(H2,22,25)(H,23,24). The molecule has 0 unspecified atom stereocenters. The maximum atomic E-state index is 13.8. The molecule has 0 radical (unpaired) electrons. The third kappa shape index (κ3) is 4.35. The molecule has 1 aliphatic rings.